The minimum absolute atomic E-state index is 0.416. The summed E-state index contributed by atoms with van der Waals surface area (Å²) in [6.45, 7) is 7.75. The lowest BCUT2D eigenvalue weighted by Crippen LogP contribution is -2.44. The van der Waals surface area contributed by atoms with E-state index in [0.29, 0.717) is 6.04 Å². The van der Waals surface area contributed by atoms with Crippen molar-refractivity contribution in [3.8, 4) is 11.5 Å². The van der Waals surface area contributed by atoms with Crippen molar-refractivity contribution in [2.75, 3.05) is 47.1 Å². The van der Waals surface area contributed by atoms with Gasteiger partial charge >= 0.3 is 0 Å². The van der Waals surface area contributed by atoms with Gasteiger partial charge in [-0.3, -0.25) is 4.90 Å². The van der Waals surface area contributed by atoms with E-state index >= 15 is 0 Å². The van der Waals surface area contributed by atoms with Crippen LogP contribution in [0.5, 0.6) is 11.5 Å². The average molecular weight is 294 g/mol. The number of rotatable bonds is 7. The first kappa shape index (κ1) is 16.1. The molecule has 0 amide bonds. The molecular formula is C16H26N2O3. The van der Waals surface area contributed by atoms with Gasteiger partial charge in [-0.1, -0.05) is 0 Å². The van der Waals surface area contributed by atoms with Crippen molar-refractivity contribution in [1.82, 2.24) is 10.2 Å². The highest BCUT2D eigenvalue weighted by atomic mass is 16.5. The number of nitrogens with one attached hydrogen (secondary N) is 1. The number of hydrogen-bond donors (Lipinski definition) is 1. The van der Waals surface area contributed by atoms with Gasteiger partial charge in [0.25, 0.3) is 0 Å². The van der Waals surface area contributed by atoms with E-state index in [0.717, 1.165) is 56.5 Å². The second-order valence-electron chi connectivity index (χ2n) is 5.37. The van der Waals surface area contributed by atoms with Gasteiger partial charge in [-0.2, -0.15) is 0 Å². The molecule has 1 atom stereocenters. The summed E-state index contributed by atoms with van der Waals surface area (Å²) in [5, 5.41) is 3.55. The molecular weight excluding hydrogens is 268 g/mol. The molecule has 5 heteroatoms. The number of benzene rings is 1. The highest BCUT2D eigenvalue weighted by molar-refractivity contribution is 5.40. The predicted molar refractivity (Wildman–Crippen MR) is 83.1 cm³/mol. The number of nitrogens with zero attached hydrogens (tertiary/aromatic N) is 1. The summed E-state index contributed by atoms with van der Waals surface area (Å²) in [6, 6.07) is 6.30. The zero-order chi connectivity index (χ0) is 15.1. The minimum atomic E-state index is 0.416. The third-order valence-electron chi connectivity index (χ3n) is 3.76. The summed E-state index contributed by atoms with van der Waals surface area (Å²) in [6.07, 6.45) is 0. The number of hydrogen-bond acceptors (Lipinski definition) is 5. The molecule has 1 aliphatic rings. The maximum absolute atomic E-state index is 5.40. The maximum Gasteiger partial charge on any atom is 0.123 e. The molecule has 1 unspecified atom stereocenters. The highest BCUT2D eigenvalue weighted by Crippen LogP contribution is 2.23. The quantitative estimate of drug-likeness (QED) is 0.826. The van der Waals surface area contributed by atoms with Crippen LogP contribution < -0.4 is 14.8 Å². The summed E-state index contributed by atoms with van der Waals surface area (Å²) in [7, 11) is 3.38. The average Bonchev–Trinajstić information content (AvgIpc) is 2.53. The summed E-state index contributed by atoms with van der Waals surface area (Å²) in [4.78, 5) is 2.43. The minimum Gasteiger partial charge on any atom is -0.497 e. The summed E-state index contributed by atoms with van der Waals surface area (Å²) < 4.78 is 16.1. The van der Waals surface area contributed by atoms with Crippen LogP contribution in [0.3, 0.4) is 0 Å². The Kier molecular flexibility index (Phi) is 6.29. The molecule has 1 aromatic rings. The molecule has 0 radical (unpaired) electrons. The van der Waals surface area contributed by atoms with Gasteiger partial charge in [0.1, 0.15) is 11.5 Å². The summed E-state index contributed by atoms with van der Waals surface area (Å²) in [5.41, 5.74) is 1.12. The van der Waals surface area contributed by atoms with Crippen LogP contribution in [-0.2, 0) is 11.3 Å². The van der Waals surface area contributed by atoms with Crippen LogP contribution in [0.15, 0.2) is 18.2 Å². The van der Waals surface area contributed by atoms with Crippen molar-refractivity contribution >= 4 is 0 Å². The molecule has 21 heavy (non-hydrogen) atoms. The first-order chi connectivity index (χ1) is 10.2. The van der Waals surface area contributed by atoms with Gasteiger partial charge in [-0.05, 0) is 25.1 Å². The smallest absolute Gasteiger partial charge is 0.123 e. The molecule has 1 aromatic carbocycles. The van der Waals surface area contributed by atoms with Gasteiger partial charge in [0.15, 0.2) is 0 Å². The third-order valence-corrected chi connectivity index (χ3v) is 3.76. The maximum atomic E-state index is 5.40. The van der Waals surface area contributed by atoms with Crippen LogP contribution in [0.2, 0.25) is 0 Å². The molecule has 0 spiro atoms. The largest absolute Gasteiger partial charge is 0.497 e. The van der Waals surface area contributed by atoms with Gasteiger partial charge in [-0.25, -0.2) is 0 Å². The normalized spacial score (nSPS) is 17.5. The fourth-order valence-corrected chi connectivity index (χ4v) is 2.54. The van der Waals surface area contributed by atoms with Crippen LogP contribution in [0.4, 0.5) is 0 Å². The predicted octanol–water partition coefficient (Wildman–Crippen LogP) is 1.51. The van der Waals surface area contributed by atoms with Crippen molar-refractivity contribution in [2.45, 2.75) is 19.5 Å². The Balaban J connectivity index is 1.86. The second kappa shape index (κ2) is 8.22. The molecule has 2 rings (SSSR count). The van der Waals surface area contributed by atoms with Crippen molar-refractivity contribution in [3.05, 3.63) is 23.8 Å². The molecule has 1 fully saturated rings. The van der Waals surface area contributed by atoms with E-state index in [-0.39, 0.29) is 0 Å². The highest BCUT2D eigenvalue weighted by Gasteiger charge is 2.14. The van der Waals surface area contributed by atoms with E-state index in [2.05, 4.69) is 17.1 Å². The van der Waals surface area contributed by atoms with E-state index in [4.69, 9.17) is 14.2 Å². The molecule has 1 heterocycles. The molecule has 0 aliphatic carbocycles. The first-order valence-electron chi connectivity index (χ1n) is 7.47. The molecule has 0 aromatic heterocycles. The van der Waals surface area contributed by atoms with Crippen molar-refractivity contribution in [3.63, 3.8) is 0 Å². The lowest BCUT2D eigenvalue weighted by molar-refractivity contribution is 0.0343. The van der Waals surface area contributed by atoms with E-state index in [9.17, 15) is 0 Å². The molecule has 5 nitrogen and oxygen atoms in total. The molecule has 0 saturated carbocycles. The Morgan fingerprint density at radius 3 is 2.67 bits per heavy atom. The number of methoxy groups -OCH3 is 2. The van der Waals surface area contributed by atoms with E-state index in [1.54, 1.807) is 14.2 Å². The van der Waals surface area contributed by atoms with Gasteiger partial charge in [0.05, 0.1) is 27.4 Å². The zero-order valence-electron chi connectivity index (χ0n) is 13.2. The van der Waals surface area contributed by atoms with Gasteiger partial charge in [-0.15, -0.1) is 0 Å². The van der Waals surface area contributed by atoms with Gasteiger partial charge in [0.2, 0.25) is 0 Å². The number of ether oxygens (including phenoxy) is 3. The third kappa shape index (κ3) is 4.88. The monoisotopic (exact) mass is 294 g/mol. The Hall–Kier alpha value is -1.30. The SMILES string of the molecule is COc1ccc(OC)c(CNC(C)CN2CCOCC2)c1. The van der Waals surface area contributed by atoms with Crippen LogP contribution in [0, 0.1) is 0 Å². The Morgan fingerprint density at radius 1 is 1.24 bits per heavy atom. The fourth-order valence-electron chi connectivity index (χ4n) is 2.54. The van der Waals surface area contributed by atoms with Gasteiger partial charge < -0.3 is 19.5 Å². The van der Waals surface area contributed by atoms with Gasteiger partial charge in [0, 0.05) is 37.8 Å². The Bertz CT molecular complexity index is 434. The van der Waals surface area contributed by atoms with Crippen LogP contribution in [-0.4, -0.2) is 58.0 Å². The second-order valence-corrected chi connectivity index (χ2v) is 5.37. The fraction of sp³-hybridized carbons (Fsp3) is 0.625. The van der Waals surface area contributed by atoms with E-state index in [1.165, 1.54) is 0 Å². The molecule has 1 saturated heterocycles. The first-order valence-corrected chi connectivity index (χ1v) is 7.47. The number of morpholine rings is 1. The zero-order valence-corrected chi connectivity index (χ0v) is 13.2. The lowest BCUT2D eigenvalue weighted by atomic mass is 10.1. The molecule has 118 valence electrons. The standard InChI is InChI=1S/C16H26N2O3/c1-13(12-18-6-8-21-9-7-18)17-11-14-10-15(19-2)4-5-16(14)20-3/h4-5,10,13,17H,6-9,11-12H2,1-3H3. The Labute approximate surface area is 127 Å². The van der Waals surface area contributed by atoms with E-state index < -0.39 is 0 Å². The summed E-state index contributed by atoms with van der Waals surface area (Å²) in [5.74, 6) is 1.75. The summed E-state index contributed by atoms with van der Waals surface area (Å²) >= 11 is 0. The lowest BCUT2D eigenvalue weighted by Gasteiger charge is -2.29. The van der Waals surface area contributed by atoms with Crippen molar-refractivity contribution in [2.24, 2.45) is 0 Å². The van der Waals surface area contributed by atoms with Crippen LogP contribution in [0.1, 0.15) is 12.5 Å². The van der Waals surface area contributed by atoms with Crippen molar-refractivity contribution < 1.29 is 14.2 Å². The molecule has 0 bridgehead atoms. The van der Waals surface area contributed by atoms with Crippen molar-refractivity contribution in [1.29, 1.82) is 0 Å². The molecule has 1 N–H and O–H groups in total. The van der Waals surface area contributed by atoms with Crippen LogP contribution >= 0.6 is 0 Å². The van der Waals surface area contributed by atoms with E-state index in [1.807, 2.05) is 18.2 Å². The Morgan fingerprint density at radius 2 is 2.00 bits per heavy atom. The van der Waals surface area contributed by atoms with Crippen LogP contribution in [0.25, 0.3) is 0 Å². The topological polar surface area (TPSA) is 43.0 Å². The molecule has 1 aliphatic heterocycles.